The van der Waals surface area contributed by atoms with Crippen molar-refractivity contribution in [3.8, 4) is 17.1 Å². The molecule has 1 N–H and O–H groups in total. The second-order valence-corrected chi connectivity index (χ2v) is 8.20. The minimum atomic E-state index is -0.875. The van der Waals surface area contributed by atoms with E-state index < -0.39 is 12.0 Å². The Morgan fingerprint density at radius 3 is 2.61 bits per heavy atom. The van der Waals surface area contributed by atoms with Crippen molar-refractivity contribution >= 4 is 29.1 Å². The summed E-state index contributed by atoms with van der Waals surface area (Å²) in [6.45, 7) is 0. The van der Waals surface area contributed by atoms with E-state index in [2.05, 4.69) is 20.5 Å². The molecule has 1 aliphatic heterocycles. The average Bonchev–Trinajstić information content (AvgIpc) is 2.94. The van der Waals surface area contributed by atoms with Crippen LogP contribution in [0.15, 0.2) is 78.0 Å². The zero-order chi connectivity index (χ0) is 21.2. The molecule has 5 nitrogen and oxygen atoms in total. The van der Waals surface area contributed by atoms with Crippen LogP contribution in [-0.2, 0) is 5.75 Å². The van der Waals surface area contributed by atoms with Crippen LogP contribution in [0.1, 0.15) is 17.4 Å². The second-order valence-electron chi connectivity index (χ2n) is 6.85. The zero-order valence-electron chi connectivity index (χ0n) is 16.1. The molecular formula is C23H16ClFN4OS. The van der Waals surface area contributed by atoms with E-state index in [4.69, 9.17) is 16.3 Å². The van der Waals surface area contributed by atoms with E-state index in [1.165, 1.54) is 17.8 Å². The van der Waals surface area contributed by atoms with E-state index in [1.807, 2.05) is 54.6 Å². The van der Waals surface area contributed by atoms with Crippen LogP contribution in [0.2, 0.25) is 5.02 Å². The highest BCUT2D eigenvalue weighted by molar-refractivity contribution is 7.98. The Morgan fingerprint density at radius 1 is 0.968 bits per heavy atom. The number of rotatable bonds is 4. The molecular weight excluding hydrogens is 435 g/mol. The third kappa shape index (κ3) is 4.06. The van der Waals surface area contributed by atoms with Gasteiger partial charge in [-0.3, -0.25) is 0 Å². The van der Waals surface area contributed by atoms with Crippen LogP contribution in [-0.4, -0.2) is 15.2 Å². The van der Waals surface area contributed by atoms with Gasteiger partial charge in [0.2, 0.25) is 17.3 Å². The highest BCUT2D eigenvalue weighted by Crippen LogP contribution is 2.41. The Labute approximate surface area is 187 Å². The van der Waals surface area contributed by atoms with Crippen LogP contribution < -0.4 is 10.1 Å². The molecule has 31 heavy (non-hydrogen) atoms. The van der Waals surface area contributed by atoms with Crippen LogP contribution >= 0.6 is 23.4 Å². The Hall–Kier alpha value is -3.16. The summed E-state index contributed by atoms with van der Waals surface area (Å²) in [6.07, 6.45) is -0.875. The lowest BCUT2D eigenvalue weighted by Gasteiger charge is -2.20. The third-order valence-electron chi connectivity index (χ3n) is 4.81. The maximum absolute atomic E-state index is 14.7. The molecule has 8 heteroatoms. The van der Waals surface area contributed by atoms with Crippen molar-refractivity contribution in [1.82, 2.24) is 15.2 Å². The molecule has 0 unspecified atom stereocenters. The van der Waals surface area contributed by atoms with E-state index in [1.54, 1.807) is 12.1 Å². The molecule has 154 valence electrons. The van der Waals surface area contributed by atoms with Gasteiger partial charge in [0.15, 0.2) is 5.69 Å². The fraction of sp³-hybridized carbons (Fsp3) is 0.0870. The Morgan fingerprint density at radius 2 is 1.77 bits per heavy atom. The number of nitrogens with zero attached hydrogens (tertiary/aromatic N) is 3. The molecule has 0 radical (unpaired) electrons. The van der Waals surface area contributed by atoms with Crippen molar-refractivity contribution in [3.63, 3.8) is 0 Å². The number of hydrogen-bond acceptors (Lipinski definition) is 6. The van der Waals surface area contributed by atoms with E-state index in [9.17, 15) is 4.39 Å². The topological polar surface area (TPSA) is 59.9 Å². The summed E-state index contributed by atoms with van der Waals surface area (Å²) in [6, 6.07) is 22.1. The van der Waals surface area contributed by atoms with Crippen LogP contribution in [0.3, 0.4) is 0 Å². The van der Waals surface area contributed by atoms with Gasteiger partial charge in [-0.1, -0.05) is 78.0 Å². The van der Waals surface area contributed by atoms with Gasteiger partial charge in [0.05, 0.1) is 10.6 Å². The highest BCUT2D eigenvalue weighted by atomic mass is 35.5. The zero-order valence-corrected chi connectivity index (χ0v) is 17.7. The predicted octanol–water partition coefficient (Wildman–Crippen LogP) is 6.13. The van der Waals surface area contributed by atoms with E-state index in [-0.39, 0.29) is 16.5 Å². The molecule has 2 heterocycles. The minimum Gasteiger partial charge on any atom is -0.448 e. The Balaban J connectivity index is 1.54. The first-order valence-corrected chi connectivity index (χ1v) is 10.9. The number of fused-ring (bicyclic) bond motifs is 3. The largest absolute Gasteiger partial charge is 0.448 e. The number of anilines is 1. The van der Waals surface area contributed by atoms with Gasteiger partial charge in [-0.15, -0.1) is 10.2 Å². The quantitative estimate of drug-likeness (QED) is 0.377. The summed E-state index contributed by atoms with van der Waals surface area (Å²) in [7, 11) is 0. The maximum Gasteiger partial charge on any atom is 0.247 e. The van der Waals surface area contributed by atoms with Gasteiger partial charge in [-0.25, -0.2) is 4.39 Å². The first-order chi connectivity index (χ1) is 15.2. The molecule has 0 bridgehead atoms. The fourth-order valence-electron chi connectivity index (χ4n) is 3.32. The SMILES string of the molecule is Fc1cccc(Cl)c1[C@@H]1Nc2ccccc2-c2nnc(SCc3ccccc3)nc2O1. The lowest BCUT2D eigenvalue weighted by molar-refractivity contribution is 0.220. The highest BCUT2D eigenvalue weighted by Gasteiger charge is 2.29. The lowest BCUT2D eigenvalue weighted by atomic mass is 10.1. The van der Waals surface area contributed by atoms with Gasteiger partial charge < -0.3 is 10.1 Å². The molecule has 5 rings (SSSR count). The number of benzene rings is 3. The number of halogens is 2. The summed E-state index contributed by atoms with van der Waals surface area (Å²) in [5, 5.41) is 12.6. The summed E-state index contributed by atoms with van der Waals surface area (Å²) in [5.41, 5.74) is 3.35. The van der Waals surface area contributed by atoms with Crippen LogP contribution in [0.4, 0.5) is 10.1 Å². The van der Waals surface area contributed by atoms with Crippen molar-refractivity contribution in [3.05, 3.63) is 94.8 Å². The van der Waals surface area contributed by atoms with Gasteiger partial charge in [-0.2, -0.15) is 4.98 Å². The molecule has 3 aromatic carbocycles. The smallest absolute Gasteiger partial charge is 0.247 e. The molecule has 0 aliphatic carbocycles. The molecule has 0 saturated heterocycles. The van der Waals surface area contributed by atoms with Crippen LogP contribution in [0.25, 0.3) is 11.3 Å². The molecule has 0 amide bonds. The van der Waals surface area contributed by atoms with Gasteiger partial charge in [0.25, 0.3) is 0 Å². The normalized spacial score (nSPS) is 14.6. The molecule has 0 saturated carbocycles. The first-order valence-electron chi connectivity index (χ1n) is 9.57. The average molecular weight is 451 g/mol. The second kappa shape index (κ2) is 8.53. The summed E-state index contributed by atoms with van der Waals surface area (Å²) in [4.78, 5) is 4.58. The molecule has 1 atom stereocenters. The number of para-hydroxylation sites is 1. The van der Waals surface area contributed by atoms with Crippen LogP contribution in [0.5, 0.6) is 5.88 Å². The number of hydrogen-bond donors (Lipinski definition) is 1. The lowest BCUT2D eigenvalue weighted by Crippen LogP contribution is -2.19. The van der Waals surface area contributed by atoms with Gasteiger partial charge >= 0.3 is 0 Å². The van der Waals surface area contributed by atoms with Gasteiger partial charge in [0, 0.05) is 17.0 Å². The molecule has 0 spiro atoms. The molecule has 0 fully saturated rings. The number of nitrogens with one attached hydrogen (secondary N) is 1. The monoisotopic (exact) mass is 450 g/mol. The van der Waals surface area contributed by atoms with Crippen LogP contribution in [0, 0.1) is 5.82 Å². The first kappa shape index (κ1) is 19.8. The predicted molar refractivity (Wildman–Crippen MR) is 120 cm³/mol. The third-order valence-corrected chi connectivity index (χ3v) is 6.04. The van der Waals surface area contributed by atoms with Crippen molar-refractivity contribution in [2.75, 3.05) is 5.32 Å². The molecule has 4 aromatic rings. The van der Waals surface area contributed by atoms with Gasteiger partial charge in [0.1, 0.15) is 5.82 Å². The minimum absolute atomic E-state index is 0.212. The van der Waals surface area contributed by atoms with Crippen molar-refractivity contribution < 1.29 is 9.13 Å². The van der Waals surface area contributed by atoms with Crippen molar-refractivity contribution in [2.45, 2.75) is 17.1 Å². The van der Waals surface area contributed by atoms with E-state index in [0.29, 0.717) is 16.6 Å². The molecule has 1 aromatic heterocycles. The van der Waals surface area contributed by atoms with Crippen molar-refractivity contribution in [1.29, 1.82) is 0 Å². The maximum atomic E-state index is 14.7. The van der Waals surface area contributed by atoms with Gasteiger partial charge in [-0.05, 0) is 23.8 Å². The van der Waals surface area contributed by atoms with E-state index in [0.717, 1.165) is 16.8 Å². The Kier molecular flexibility index (Phi) is 5.44. The fourth-order valence-corrected chi connectivity index (χ4v) is 4.32. The molecule has 1 aliphatic rings. The number of ether oxygens (including phenoxy) is 1. The number of thioether (sulfide) groups is 1. The van der Waals surface area contributed by atoms with Crippen molar-refractivity contribution in [2.24, 2.45) is 0 Å². The number of aromatic nitrogens is 3. The summed E-state index contributed by atoms with van der Waals surface area (Å²) in [5.74, 6) is 0.498. The Bertz CT molecular complexity index is 1220. The standard InChI is InChI=1S/C23H16ClFN4OS/c24-16-10-6-11-17(25)19(16)21-26-18-12-5-4-9-15(18)20-22(30-21)27-23(29-28-20)31-13-14-7-2-1-3-8-14/h1-12,21,26H,13H2/t21-/m1/s1. The van der Waals surface area contributed by atoms with E-state index >= 15 is 0 Å². The summed E-state index contributed by atoms with van der Waals surface area (Å²) < 4.78 is 20.8. The summed E-state index contributed by atoms with van der Waals surface area (Å²) >= 11 is 7.76.